The highest BCUT2D eigenvalue weighted by Crippen LogP contribution is 2.26. The molecule has 1 aliphatic heterocycles. The van der Waals surface area contributed by atoms with Crippen LogP contribution >= 0.6 is 0 Å². The number of anilines is 2. The molecule has 106 valence electrons. The van der Waals surface area contributed by atoms with E-state index in [9.17, 15) is 0 Å². The van der Waals surface area contributed by atoms with Gasteiger partial charge in [0.05, 0.1) is 0 Å². The largest absolute Gasteiger partial charge is 0.373 e. The molecule has 1 N–H and O–H groups in total. The normalized spacial score (nSPS) is 19.2. The summed E-state index contributed by atoms with van der Waals surface area (Å²) in [5, 5.41) is 3.13. The molecule has 1 atom stereocenters. The van der Waals surface area contributed by atoms with Crippen molar-refractivity contribution in [2.24, 2.45) is 0 Å². The molecule has 1 fully saturated rings. The SMILES string of the molecule is CCN(CC)C1CCN(c2ncnc(NC)c2C)C1. The average Bonchev–Trinajstić information content (AvgIpc) is 2.90. The van der Waals surface area contributed by atoms with Crippen LogP contribution in [0.1, 0.15) is 25.8 Å². The fourth-order valence-corrected chi connectivity index (χ4v) is 2.98. The van der Waals surface area contributed by atoms with Crippen LogP contribution in [0, 0.1) is 6.92 Å². The fraction of sp³-hybridized carbons (Fsp3) is 0.714. The second-order valence-electron chi connectivity index (χ2n) is 5.03. The third-order valence-electron chi connectivity index (χ3n) is 4.09. The predicted octanol–water partition coefficient (Wildman–Crippen LogP) is 1.75. The maximum atomic E-state index is 4.47. The molecule has 0 spiro atoms. The van der Waals surface area contributed by atoms with Gasteiger partial charge in [0.2, 0.25) is 0 Å². The van der Waals surface area contributed by atoms with E-state index in [1.54, 1.807) is 6.33 Å². The van der Waals surface area contributed by atoms with Gasteiger partial charge in [-0.25, -0.2) is 9.97 Å². The Labute approximate surface area is 116 Å². The molecule has 19 heavy (non-hydrogen) atoms. The first-order chi connectivity index (χ1) is 9.21. The van der Waals surface area contributed by atoms with Crippen LogP contribution in [0.5, 0.6) is 0 Å². The zero-order valence-corrected chi connectivity index (χ0v) is 12.5. The highest BCUT2D eigenvalue weighted by Gasteiger charge is 2.28. The summed E-state index contributed by atoms with van der Waals surface area (Å²) in [5.41, 5.74) is 1.14. The predicted molar refractivity (Wildman–Crippen MR) is 79.9 cm³/mol. The number of hydrogen-bond acceptors (Lipinski definition) is 5. The van der Waals surface area contributed by atoms with Crippen molar-refractivity contribution in [1.29, 1.82) is 0 Å². The van der Waals surface area contributed by atoms with Crippen molar-refractivity contribution < 1.29 is 0 Å². The van der Waals surface area contributed by atoms with Crippen molar-refractivity contribution in [2.45, 2.75) is 33.2 Å². The van der Waals surface area contributed by atoms with Gasteiger partial charge in [-0.3, -0.25) is 4.90 Å². The number of rotatable bonds is 5. The fourth-order valence-electron chi connectivity index (χ4n) is 2.98. The van der Waals surface area contributed by atoms with E-state index in [-0.39, 0.29) is 0 Å². The van der Waals surface area contributed by atoms with E-state index in [2.05, 4.69) is 45.9 Å². The summed E-state index contributed by atoms with van der Waals surface area (Å²) in [6.45, 7) is 11.0. The van der Waals surface area contributed by atoms with E-state index >= 15 is 0 Å². The Morgan fingerprint density at radius 1 is 1.37 bits per heavy atom. The highest BCUT2D eigenvalue weighted by molar-refractivity contribution is 5.58. The van der Waals surface area contributed by atoms with Gasteiger partial charge in [-0.15, -0.1) is 0 Å². The summed E-state index contributed by atoms with van der Waals surface area (Å²) in [5.74, 6) is 2.00. The number of hydrogen-bond donors (Lipinski definition) is 1. The van der Waals surface area contributed by atoms with Crippen LogP contribution in [-0.2, 0) is 0 Å². The maximum absolute atomic E-state index is 4.47. The molecule has 1 aromatic rings. The van der Waals surface area contributed by atoms with E-state index in [1.165, 1.54) is 6.42 Å². The lowest BCUT2D eigenvalue weighted by molar-refractivity contribution is 0.232. The maximum Gasteiger partial charge on any atom is 0.137 e. The van der Waals surface area contributed by atoms with E-state index in [1.807, 2.05) is 7.05 Å². The summed E-state index contributed by atoms with van der Waals surface area (Å²) < 4.78 is 0. The standard InChI is InChI=1S/C14H25N5/c1-5-18(6-2)12-7-8-19(9-12)14-11(3)13(15-4)16-10-17-14/h10,12H,5-9H2,1-4H3,(H,15,16,17). The van der Waals surface area contributed by atoms with Gasteiger partial charge in [-0.1, -0.05) is 13.8 Å². The summed E-state index contributed by atoms with van der Waals surface area (Å²) >= 11 is 0. The Balaban J connectivity index is 2.13. The summed E-state index contributed by atoms with van der Waals surface area (Å²) in [6, 6.07) is 0.655. The molecule has 0 aliphatic carbocycles. The Bertz CT molecular complexity index is 416. The van der Waals surface area contributed by atoms with Crippen LogP contribution in [0.3, 0.4) is 0 Å². The number of nitrogens with one attached hydrogen (secondary N) is 1. The van der Waals surface area contributed by atoms with E-state index in [4.69, 9.17) is 0 Å². The van der Waals surface area contributed by atoms with Crippen LogP contribution < -0.4 is 10.2 Å². The van der Waals surface area contributed by atoms with Crippen molar-refractivity contribution in [3.8, 4) is 0 Å². The molecule has 2 rings (SSSR count). The van der Waals surface area contributed by atoms with Gasteiger partial charge in [0.15, 0.2) is 0 Å². The van der Waals surface area contributed by atoms with Crippen molar-refractivity contribution in [2.75, 3.05) is 43.4 Å². The Kier molecular flexibility index (Phi) is 4.58. The van der Waals surface area contributed by atoms with Crippen LogP contribution in [0.2, 0.25) is 0 Å². The van der Waals surface area contributed by atoms with Gasteiger partial charge in [0, 0.05) is 31.7 Å². The van der Waals surface area contributed by atoms with Crippen molar-refractivity contribution >= 4 is 11.6 Å². The van der Waals surface area contributed by atoms with Gasteiger partial charge >= 0.3 is 0 Å². The molecule has 1 aliphatic rings. The Morgan fingerprint density at radius 2 is 2.11 bits per heavy atom. The average molecular weight is 263 g/mol. The number of aromatic nitrogens is 2. The van der Waals surface area contributed by atoms with Crippen molar-refractivity contribution in [3.05, 3.63) is 11.9 Å². The molecule has 0 saturated carbocycles. The molecule has 5 heteroatoms. The molecule has 1 saturated heterocycles. The molecule has 5 nitrogen and oxygen atoms in total. The minimum Gasteiger partial charge on any atom is -0.373 e. The summed E-state index contributed by atoms with van der Waals surface area (Å²) in [7, 11) is 1.90. The molecule has 0 amide bonds. The zero-order chi connectivity index (χ0) is 13.8. The lowest BCUT2D eigenvalue weighted by Gasteiger charge is -2.26. The quantitative estimate of drug-likeness (QED) is 0.877. The topological polar surface area (TPSA) is 44.3 Å². The molecular formula is C14H25N5. The third-order valence-corrected chi connectivity index (χ3v) is 4.09. The number of nitrogens with zero attached hydrogens (tertiary/aromatic N) is 4. The van der Waals surface area contributed by atoms with E-state index in [0.717, 1.165) is 43.4 Å². The lowest BCUT2D eigenvalue weighted by atomic mass is 10.2. The number of likely N-dealkylation sites (N-methyl/N-ethyl adjacent to an activating group) is 1. The van der Waals surface area contributed by atoms with Crippen LogP contribution in [0.4, 0.5) is 11.6 Å². The minimum absolute atomic E-state index is 0.655. The first-order valence-corrected chi connectivity index (χ1v) is 7.19. The molecule has 0 radical (unpaired) electrons. The second-order valence-corrected chi connectivity index (χ2v) is 5.03. The smallest absolute Gasteiger partial charge is 0.137 e. The van der Waals surface area contributed by atoms with E-state index in [0.29, 0.717) is 6.04 Å². The first-order valence-electron chi connectivity index (χ1n) is 7.19. The summed E-state index contributed by atoms with van der Waals surface area (Å²) in [6.07, 6.45) is 2.87. The zero-order valence-electron chi connectivity index (χ0n) is 12.5. The third kappa shape index (κ3) is 2.81. The van der Waals surface area contributed by atoms with Gasteiger partial charge < -0.3 is 10.2 Å². The van der Waals surface area contributed by atoms with Crippen molar-refractivity contribution in [1.82, 2.24) is 14.9 Å². The van der Waals surface area contributed by atoms with Gasteiger partial charge in [0.25, 0.3) is 0 Å². The van der Waals surface area contributed by atoms with Gasteiger partial charge in [0.1, 0.15) is 18.0 Å². The molecular weight excluding hydrogens is 238 g/mol. The Morgan fingerprint density at radius 3 is 2.74 bits per heavy atom. The van der Waals surface area contributed by atoms with Crippen molar-refractivity contribution in [3.63, 3.8) is 0 Å². The second kappa shape index (κ2) is 6.19. The van der Waals surface area contributed by atoms with Crippen LogP contribution in [0.25, 0.3) is 0 Å². The lowest BCUT2D eigenvalue weighted by Crippen LogP contribution is -2.37. The highest BCUT2D eigenvalue weighted by atomic mass is 15.3. The first kappa shape index (κ1) is 14.1. The summed E-state index contributed by atoms with van der Waals surface area (Å²) in [4.78, 5) is 13.7. The molecule has 0 aromatic carbocycles. The molecule has 1 unspecified atom stereocenters. The monoisotopic (exact) mass is 263 g/mol. The van der Waals surface area contributed by atoms with Crippen LogP contribution in [-0.4, -0.2) is 54.1 Å². The molecule has 2 heterocycles. The van der Waals surface area contributed by atoms with Gasteiger partial charge in [-0.05, 0) is 26.4 Å². The molecule has 0 bridgehead atoms. The van der Waals surface area contributed by atoms with Crippen LogP contribution in [0.15, 0.2) is 6.33 Å². The van der Waals surface area contributed by atoms with E-state index < -0.39 is 0 Å². The van der Waals surface area contributed by atoms with Gasteiger partial charge in [-0.2, -0.15) is 0 Å². The minimum atomic E-state index is 0.655. The Hall–Kier alpha value is -1.36. The molecule has 1 aromatic heterocycles.